The molecule has 0 aromatic rings. The van der Waals surface area contributed by atoms with Gasteiger partial charge in [-0.3, -0.25) is 0 Å². The zero-order valence-electron chi connectivity index (χ0n) is 6.92. The van der Waals surface area contributed by atoms with Crippen LogP contribution in [0.1, 0.15) is 13.3 Å². The molecule has 0 saturated heterocycles. The molecule has 0 fully saturated rings. The highest BCUT2D eigenvalue weighted by atomic mass is 16.5. The van der Waals surface area contributed by atoms with Crippen LogP contribution >= 0.6 is 0 Å². The van der Waals surface area contributed by atoms with E-state index in [9.17, 15) is 0 Å². The third kappa shape index (κ3) is 1.74. The van der Waals surface area contributed by atoms with E-state index in [1.54, 1.807) is 13.2 Å². The summed E-state index contributed by atoms with van der Waals surface area (Å²) in [6.07, 6.45) is 4.36. The second kappa shape index (κ2) is 2.58. The van der Waals surface area contributed by atoms with E-state index in [-0.39, 0.29) is 5.54 Å². The average Bonchev–Trinajstić information content (AvgIpc) is 1.94. The first kappa shape index (κ1) is 8.14. The Labute approximate surface area is 66.7 Å². The van der Waals surface area contributed by atoms with Gasteiger partial charge in [0.25, 0.3) is 0 Å². The fourth-order valence-electron chi connectivity index (χ4n) is 1.07. The van der Waals surface area contributed by atoms with Gasteiger partial charge in [-0.1, -0.05) is 6.08 Å². The number of ether oxygens (including phenoxy) is 1. The summed E-state index contributed by atoms with van der Waals surface area (Å²) < 4.78 is 5.06. The van der Waals surface area contributed by atoms with Gasteiger partial charge in [-0.05, 0) is 13.0 Å². The highest BCUT2D eigenvalue weighted by Gasteiger charge is 2.22. The van der Waals surface area contributed by atoms with Gasteiger partial charge in [-0.2, -0.15) is 0 Å². The fraction of sp³-hybridized carbons (Fsp3) is 0.500. The topological polar surface area (TPSA) is 61.3 Å². The van der Waals surface area contributed by atoms with Gasteiger partial charge < -0.3 is 16.2 Å². The van der Waals surface area contributed by atoms with Gasteiger partial charge in [0.2, 0.25) is 0 Å². The molecule has 0 spiro atoms. The van der Waals surface area contributed by atoms with E-state index in [1.165, 1.54) is 0 Å². The van der Waals surface area contributed by atoms with Crippen molar-refractivity contribution in [3.05, 3.63) is 23.6 Å². The maximum Gasteiger partial charge on any atom is 0.120 e. The molecule has 0 bridgehead atoms. The molecular formula is C8H14N2O. The lowest BCUT2D eigenvalue weighted by molar-refractivity contribution is 0.255. The van der Waals surface area contributed by atoms with Crippen molar-refractivity contribution in [2.24, 2.45) is 11.5 Å². The van der Waals surface area contributed by atoms with Gasteiger partial charge in [-0.15, -0.1) is 0 Å². The molecule has 0 aliphatic heterocycles. The van der Waals surface area contributed by atoms with Crippen LogP contribution in [-0.2, 0) is 4.74 Å². The highest BCUT2D eigenvalue weighted by molar-refractivity contribution is 5.29. The zero-order valence-corrected chi connectivity index (χ0v) is 6.92. The Bertz CT molecular complexity index is 216. The average molecular weight is 154 g/mol. The normalized spacial score (nSPS) is 30.8. The van der Waals surface area contributed by atoms with E-state index in [2.05, 4.69) is 0 Å². The van der Waals surface area contributed by atoms with Crippen molar-refractivity contribution in [1.29, 1.82) is 0 Å². The molecule has 1 aliphatic rings. The molecule has 1 atom stereocenters. The third-order valence-corrected chi connectivity index (χ3v) is 1.75. The van der Waals surface area contributed by atoms with Crippen molar-refractivity contribution in [2.75, 3.05) is 7.11 Å². The van der Waals surface area contributed by atoms with Crippen LogP contribution in [0.4, 0.5) is 0 Å². The first-order valence-electron chi connectivity index (χ1n) is 3.56. The first-order valence-corrected chi connectivity index (χ1v) is 3.56. The summed E-state index contributed by atoms with van der Waals surface area (Å²) in [6, 6.07) is 0. The third-order valence-electron chi connectivity index (χ3n) is 1.75. The van der Waals surface area contributed by atoms with Gasteiger partial charge in [-0.25, -0.2) is 0 Å². The van der Waals surface area contributed by atoms with Gasteiger partial charge >= 0.3 is 0 Å². The van der Waals surface area contributed by atoms with Crippen molar-refractivity contribution < 1.29 is 4.74 Å². The molecule has 4 N–H and O–H groups in total. The van der Waals surface area contributed by atoms with E-state index in [0.717, 1.165) is 5.76 Å². The second-order valence-electron chi connectivity index (χ2n) is 3.10. The Hall–Kier alpha value is -0.960. The standard InChI is InChI=1S/C8H14N2O/c1-8(10)4-3-6(9)7(5-8)11-2/h3-4H,5,9-10H2,1-2H3. The molecule has 0 saturated carbocycles. The summed E-state index contributed by atoms with van der Waals surface area (Å²) in [6.45, 7) is 1.94. The molecule has 1 unspecified atom stereocenters. The number of hydrogen-bond acceptors (Lipinski definition) is 3. The number of nitrogens with two attached hydrogens (primary N) is 2. The number of hydrogen-bond donors (Lipinski definition) is 2. The minimum atomic E-state index is -0.311. The van der Waals surface area contributed by atoms with Gasteiger partial charge in [0.1, 0.15) is 5.76 Å². The van der Waals surface area contributed by atoms with Crippen molar-refractivity contribution in [2.45, 2.75) is 18.9 Å². The monoisotopic (exact) mass is 154 g/mol. The first-order chi connectivity index (χ1) is 5.05. The Kier molecular flexibility index (Phi) is 1.91. The maximum atomic E-state index is 5.85. The SMILES string of the molecule is COC1=C(N)C=CC(C)(N)C1. The Morgan fingerprint density at radius 2 is 2.27 bits per heavy atom. The lowest BCUT2D eigenvalue weighted by atomic mass is 9.92. The summed E-state index contributed by atoms with van der Waals surface area (Å²) in [5.74, 6) is 0.775. The quantitative estimate of drug-likeness (QED) is 0.577. The van der Waals surface area contributed by atoms with Crippen LogP contribution in [0.25, 0.3) is 0 Å². The fourth-order valence-corrected chi connectivity index (χ4v) is 1.07. The van der Waals surface area contributed by atoms with Gasteiger partial charge in [0.15, 0.2) is 0 Å². The molecule has 62 valence electrons. The summed E-state index contributed by atoms with van der Waals surface area (Å²) in [4.78, 5) is 0. The van der Waals surface area contributed by atoms with E-state index >= 15 is 0 Å². The Morgan fingerprint density at radius 3 is 2.73 bits per heavy atom. The van der Waals surface area contributed by atoms with Crippen LogP contribution in [0.3, 0.4) is 0 Å². The number of allylic oxidation sites excluding steroid dienone is 1. The predicted molar refractivity (Wildman–Crippen MR) is 44.6 cm³/mol. The Balaban J connectivity index is 2.84. The summed E-state index contributed by atoms with van der Waals surface area (Å²) in [5.41, 5.74) is 11.8. The molecule has 0 amide bonds. The largest absolute Gasteiger partial charge is 0.499 e. The minimum absolute atomic E-state index is 0.311. The second-order valence-corrected chi connectivity index (χ2v) is 3.10. The summed E-state index contributed by atoms with van der Waals surface area (Å²) in [7, 11) is 1.61. The van der Waals surface area contributed by atoms with Crippen molar-refractivity contribution in [3.8, 4) is 0 Å². The molecule has 1 rings (SSSR count). The minimum Gasteiger partial charge on any atom is -0.499 e. The summed E-state index contributed by atoms with van der Waals surface area (Å²) in [5, 5.41) is 0. The Morgan fingerprint density at radius 1 is 1.64 bits per heavy atom. The molecular weight excluding hydrogens is 140 g/mol. The lowest BCUT2D eigenvalue weighted by Gasteiger charge is -2.25. The van der Waals surface area contributed by atoms with Crippen LogP contribution < -0.4 is 11.5 Å². The van der Waals surface area contributed by atoms with Crippen LogP contribution in [0.2, 0.25) is 0 Å². The van der Waals surface area contributed by atoms with E-state index in [1.807, 2.05) is 13.0 Å². The maximum absolute atomic E-state index is 5.85. The molecule has 0 aromatic heterocycles. The lowest BCUT2D eigenvalue weighted by Crippen LogP contribution is -2.36. The van der Waals surface area contributed by atoms with E-state index in [0.29, 0.717) is 12.1 Å². The van der Waals surface area contributed by atoms with Gasteiger partial charge in [0, 0.05) is 12.0 Å². The summed E-state index contributed by atoms with van der Waals surface area (Å²) >= 11 is 0. The predicted octanol–water partition coefficient (Wildman–Crippen LogP) is 0.480. The zero-order chi connectivity index (χ0) is 8.48. The molecule has 3 heteroatoms. The van der Waals surface area contributed by atoms with Crippen LogP contribution in [0.5, 0.6) is 0 Å². The molecule has 0 heterocycles. The smallest absolute Gasteiger partial charge is 0.120 e. The van der Waals surface area contributed by atoms with E-state index < -0.39 is 0 Å². The van der Waals surface area contributed by atoms with Gasteiger partial charge in [0.05, 0.1) is 12.8 Å². The van der Waals surface area contributed by atoms with Crippen molar-refractivity contribution in [1.82, 2.24) is 0 Å². The van der Waals surface area contributed by atoms with Crippen LogP contribution in [-0.4, -0.2) is 12.6 Å². The van der Waals surface area contributed by atoms with Crippen molar-refractivity contribution >= 4 is 0 Å². The van der Waals surface area contributed by atoms with Crippen LogP contribution in [0, 0.1) is 0 Å². The van der Waals surface area contributed by atoms with Crippen LogP contribution in [0.15, 0.2) is 23.6 Å². The van der Waals surface area contributed by atoms with E-state index in [4.69, 9.17) is 16.2 Å². The highest BCUT2D eigenvalue weighted by Crippen LogP contribution is 2.22. The number of rotatable bonds is 1. The molecule has 1 aliphatic carbocycles. The molecule has 11 heavy (non-hydrogen) atoms. The molecule has 0 radical (unpaired) electrons. The molecule has 3 nitrogen and oxygen atoms in total. The van der Waals surface area contributed by atoms with Crippen molar-refractivity contribution in [3.63, 3.8) is 0 Å². The number of methoxy groups -OCH3 is 1. The molecule has 0 aromatic carbocycles.